The number of benzene rings is 2. The SMILES string of the molecule is CCCCCCC1=c2cc/c([nH]2)=C(\c2ccc(C(=O)OC)cc2)c2[nH]c(c(O)c2O)C(CCCCCC)c2ccc([nH]2)C(c2ccc(C(=O)OC)cc2)=C2C=CC13CC23. The van der Waals surface area contributed by atoms with Gasteiger partial charge in [-0.25, -0.2) is 9.59 Å². The average molecular weight is 794 g/mol. The number of methoxy groups -OCH3 is 2. The maximum Gasteiger partial charge on any atom is 0.337 e. The Balaban J connectivity index is 1.39. The summed E-state index contributed by atoms with van der Waals surface area (Å²) in [5, 5.41) is 25.7. The zero-order valence-electron chi connectivity index (χ0n) is 34.5. The molecule has 5 aromatic rings. The molecule has 0 radical (unpaired) electrons. The Morgan fingerprint density at radius 3 is 1.95 bits per heavy atom. The molecule has 1 aliphatic heterocycles. The van der Waals surface area contributed by atoms with Gasteiger partial charge in [0.05, 0.1) is 36.7 Å². The van der Waals surface area contributed by atoms with E-state index in [1.165, 1.54) is 31.8 Å². The highest BCUT2D eigenvalue weighted by atomic mass is 16.5. The Labute approximate surface area is 345 Å². The summed E-state index contributed by atoms with van der Waals surface area (Å²) in [6.45, 7) is 4.43. The van der Waals surface area contributed by atoms with Gasteiger partial charge in [0, 0.05) is 44.6 Å². The highest BCUT2D eigenvalue weighted by molar-refractivity contribution is 5.92. The summed E-state index contributed by atoms with van der Waals surface area (Å²) in [5.41, 5.74) is 9.74. The number of rotatable bonds is 14. The van der Waals surface area contributed by atoms with E-state index >= 15 is 0 Å². The lowest BCUT2D eigenvalue weighted by Crippen LogP contribution is -2.20. The van der Waals surface area contributed by atoms with Crippen LogP contribution in [0.1, 0.15) is 145 Å². The lowest BCUT2D eigenvalue weighted by molar-refractivity contribution is 0.0592. The molecule has 8 bridgehead atoms. The van der Waals surface area contributed by atoms with E-state index in [2.05, 4.69) is 65.2 Å². The van der Waals surface area contributed by atoms with Gasteiger partial charge in [-0.3, -0.25) is 0 Å². The lowest BCUT2D eigenvalue weighted by atomic mass is 9.88. The summed E-state index contributed by atoms with van der Waals surface area (Å²) >= 11 is 0. The second-order valence-corrected chi connectivity index (χ2v) is 16.4. The molecule has 306 valence electrons. The van der Waals surface area contributed by atoms with Gasteiger partial charge in [0.1, 0.15) is 0 Å². The van der Waals surface area contributed by atoms with Crippen LogP contribution in [0.2, 0.25) is 0 Å². The third-order valence-corrected chi connectivity index (χ3v) is 12.8. The number of aromatic nitrogens is 3. The van der Waals surface area contributed by atoms with Crippen LogP contribution in [0.25, 0.3) is 16.7 Å². The maximum absolute atomic E-state index is 12.5. The van der Waals surface area contributed by atoms with Gasteiger partial charge in [-0.2, -0.15) is 0 Å². The minimum Gasteiger partial charge on any atom is -0.503 e. The lowest BCUT2D eigenvalue weighted by Gasteiger charge is -2.17. The summed E-state index contributed by atoms with van der Waals surface area (Å²) in [6.07, 6.45) is 16.1. The van der Waals surface area contributed by atoms with Crippen molar-refractivity contribution < 1.29 is 29.3 Å². The van der Waals surface area contributed by atoms with Crippen molar-refractivity contribution in [2.45, 2.75) is 90.4 Å². The number of hydrogen-bond donors (Lipinski definition) is 5. The van der Waals surface area contributed by atoms with Gasteiger partial charge in [0.2, 0.25) is 0 Å². The molecule has 59 heavy (non-hydrogen) atoms. The highest BCUT2D eigenvalue weighted by Crippen LogP contribution is 2.68. The van der Waals surface area contributed by atoms with E-state index in [0.717, 1.165) is 103 Å². The van der Waals surface area contributed by atoms with E-state index < -0.39 is 5.97 Å². The van der Waals surface area contributed by atoms with Gasteiger partial charge >= 0.3 is 11.9 Å². The molecule has 9 nitrogen and oxygen atoms in total. The van der Waals surface area contributed by atoms with E-state index in [1.54, 1.807) is 12.1 Å². The molecule has 4 heterocycles. The normalized spacial score (nSPS) is 20.2. The number of fused-ring (bicyclic) bond motifs is 6. The molecule has 1 fully saturated rings. The number of ether oxygens (including phenoxy) is 2. The second-order valence-electron chi connectivity index (χ2n) is 16.4. The molecule has 9 heteroatoms. The molecule has 8 rings (SSSR count). The fraction of sp³-hybridized carbons (Fsp3) is 0.360. The molecule has 3 aliphatic rings. The van der Waals surface area contributed by atoms with Crippen molar-refractivity contribution in [3.63, 3.8) is 0 Å². The number of aromatic hydroxyl groups is 2. The third-order valence-electron chi connectivity index (χ3n) is 12.8. The molecule has 0 spiro atoms. The van der Waals surface area contributed by atoms with Crippen LogP contribution in [0, 0.1) is 11.3 Å². The minimum absolute atomic E-state index is 0.155. The summed E-state index contributed by atoms with van der Waals surface area (Å²) in [6, 6.07) is 23.3. The number of hydrogen-bond acceptors (Lipinski definition) is 6. The summed E-state index contributed by atoms with van der Waals surface area (Å²) in [7, 11) is 2.76. The highest BCUT2D eigenvalue weighted by Gasteiger charge is 2.59. The molecule has 3 atom stereocenters. The number of aromatic amines is 3. The number of unbranched alkanes of at least 4 members (excludes halogenated alkanes) is 6. The van der Waals surface area contributed by atoms with Gasteiger partial charge in [0.15, 0.2) is 11.5 Å². The molecular formula is C50H55N3O6. The summed E-state index contributed by atoms with van der Waals surface area (Å²) < 4.78 is 10.0. The first-order valence-corrected chi connectivity index (χ1v) is 21.3. The Bertz CT molecular complexity index is 2550. The topological polar surface area (TPSA) is 140 Å². The monoisotopic (exact) mass is 793 g/mol. The van der Waals surface area contributed by atoms with E-state index in [-0.39, 0.29) is 34.7 Å². The van der Waals surface area contributed by atoms with E-state index in [4.69, 9.17) is 9.47 Å². The van der Waals surface area contributed by atoms with Crippen molar-refractivity contribution in [2.24, 2.45) is 11.3 Å². The van der Waals surface area contributed by atoms with Crippen molar-refractivity contribution in [1.82, 2.24) is 15.0 Å². The first-order chi connectivity index (χ1) is 28.7. The first kappa shape index (κ1) is 39.8. The summed E-state index contributed by atoms with van der Waals surface area (Å²) in [5.74, 6) is -1.23. The number of carbonyl (C=O) groups is 2. The number of esters is 2. The molecule has 2 aromatic carbocycles. The smallest absolute Gasteiger partial charge is 0.337 e. The fourth-order valence-corrected chi connectivity index (χ4v) is 9.58. The maximum atomic E-state index is 12.5. The van der Waals surface area contributed by atoms with E-state index in [1.807, 2.05) is 36.4 Å². The Morgan fingerprint density at radius 1 is 0.695 bits per heavy atom. The molecule has 3 unspecified atom stereocenters. The molecule has 1 saturated carbocycles. The molecule has 5 N–H and O–H groups in total. The summed E-state index contributed by atoms with van der Waals surface area (Å²) in [4.78, 5) is 36.1. The van der Waals surface area contributed by atoms with Crippen molar-refractivity contribution in [1.29, 1.82) is 0 Å². The van der Waals surface area contributed by atoms with Crippen LogP contribution >= 0.6 is 0 Å². The van der Waals surface area contributed by atoms with Gasteiger partial charge < -0.3 is 34.6 Å². The standard InChI is InChI=1S/C50H55N3O6/c1-5-7-9-11-13-35-38-23-25-40(51-38)42(30-15-19-32(20-16-30)48(56)58-3)34-27-28-50(29-37(34)50)36(14-12-10-8-6-2)39-24-26-41(52-39)43(45-47(55)46(54)44(35)53-45)31-17-21-33(22-18-31)49(57)59-4/h15-28,35,37,51-55H,5-14,29H2,1-4H3/b39-36?,42-34?,43-41-. The van der Waals surface area contributed by atoms with E-state index in [0.29, 0.717) is 28.1 Å². The quantitative estimate of drug-likeness (QED) is 0.0561. The number of carbonyl (C=O) groups excluding carboxylic acids is 2. The van der Waals surface area contributed by atoms with Gasteiger partial charge in [-0.1, -0.05) is 95.2 Å². The number of H-pyrrole nitrogens is 3. The van der Waals surface area contributed by atoms with Crippen LogP contribution in [0.4, 0.5) is 0 Å². The molecular weight excluding hydrogens is 739 g/mol. The van der Waals surface area contributed by atoms with Gasteiger partial charge in [-0.05, 0) is 102 Å². The van der Waals surface area contributed by atoms with Crippen LogP contribution in [-0.4, -0.2) is 51.3 Å². The number of allylic oxidation sites excluding steroid dienone is 3. The molecule has 0 amide bonds. The van der Waals surface area contributed by atoms with Gasteiger partial charge in [-0.15, -0.1) is 0 Å². The van der Waals surface area contributed by atoms with Crippen LogP contribution < -0.4 is 10.7 Å². The second kappa shape index (κ2) is 16.7. The third kappa shape index (κ3) is 7.36. The molecule has 3 aromatic heterocycles. The zero-order valence-corrected chi connectivity index (χ0v) is 34.5. The van der Waals surface area contributed by atoms with Crippen LogP contribution in [0.15, 0.2) is 90.5 Å². The Morgan fingerprint density at radius 2 is 1.32 bits per heavy atom. The van der Waals surface area contributed by atoms with Gasteiger partial charge in [0.25, 0.3) is 0 Å². The minimum atomic E-state index is -0.430. The van der Waals surface area contributed by atoms with Crippen LogP contribution in [-0.2, 0) is 9.47 Å². The Kier molecular flexibility index (Phi) is 11.3. The largest absolute Gasteiger partial charge is 0.503 e. The molecule has 2 aliphatic carbocycles. The zero-order chi connectivity index (χ0) is 41.3. The van der Waals surface area contributed by atoms with Crippen LogP contribution in [0.5, 0.6) is 11.5 Å². The fourth-order valence-electron chi connectivity index (χ4n) is 9.58. The van der Waals surface area contributed by atoms with Crippen molar-refractivity contribution >= 4 is 28.7 Å². The van der Waals surface area contributed by atoms with Crippen molar-refractivity contribution in [3.8, 4) is 11.5 Å². The average Bonchev–Trinajstić information content (AvgIpc) is 3.70. The number of nitrogens with one attached hydrogen (secondary N) is 3. The van der Waals surface area contributed by atoms with Crippen molar-refractivity contribution in [3.05, 3.63) is 146 Å². The van der Waals surface area contributed by atoms with E-state index in [9.17, 15) is 19.8 Å². The Hall–Kier alpha value is -5.96. The van der Waals surface area contributed by atoms with Crippen molar-refractivity contribution in [2.75, 3.05) is 14.2 Å². The van der Waals surface area contributed by atoms with Crippen LogP contribution in [0.3, 0.4) is 0 Å². The predicted octanol–water partition coefficient (Wildman–Crippen LogP) is 9.52. The first-order valence-electron chi connectivity index (χ1n) is 21.3. The molecule has 0 saturated heterocycles. The predicted molar refractivity (Wildman–Crippen MR) is 231 cm³/mol.